The first kappa shape index (κ1) is 16.6. The van der Waals surface area contributed by atoms with E-state index in [1.165, 1.54) is 6.33 Å². The molecule has 0 unspecified atom stereocenters. The summed E-state index contributed by atoms with van der Waals surface area (Å²) < 4.78 is 1.72. The van der Waals surface area contributed by atoms with Gasteiger partial charge in [-0.1, -0.05) is 42.5 Å². The molecule has 8 heteroatoms. The van der Waals surface area contributed by atoms with Gasteiger partial charge < -0.3 is 5.32 Å². The van der Waals surface area contributed by atoms with E-state index >= 15 is 0 Å². The van der Waals surface area contributed by atoms with Gasteiger partial charge >= 0.3 is 0 Å². The molecule has 0 saturated heterocycles. The molecule has 0 bridgehead atoms. The number of benzene rings is 2. The van der Waals surface area contributed by atoms with Gasteiger partial charge in [0.15, 0.2) is 5.69 Å². The number of hydrogen-bond donors (Lipinski definition) is 2. The summed E-state index contributed by atoms with van der Waals surface area (Å²) in [5, 5.41) is 14.3. The number of carbonyl (C=O) groups excluding carboxylic acids is 1. The Morgan fingerprint density at radius 1 is 1.04 bits per heavy atom. The minimum absolute atomic E-state index is 0.193. The Balaban J connectivity index is 1.56. The Kier molecular flexibility index (Phi) is 4.44. The Morgan fingerprint density at radius 3 is 2.56 bits per heavy atom. The molecule has 0 aliphatic heterocycles. The molecule has 2 aromatic heterocycles. The first-order chi connectivity index (χ1) is 13.2. The second kappa shape index (κ2) is 7.20. The molecule has 0 spiro atoms. The molecule has 0 atom stereocenters. The quantitative estimate of drug-likeness (QED) is 0.561. The highest BCUT2D eigenvalue weighted by atomic mass is 16.2. The number of carbonyl (C=O) groups is 1. The zero-order valence-electron chi connectivity index (χ0n) is 14.3. The van der Waals surface area contributed by atoms with E-state index in [0.717, 1.165) is 11.1 Å². The summed E-state index contributed by atoms with van der Waals surface area (Å²) >= 11 is 0. The van der Waals surface area contributed by atoms with Gasteiger partial charge in [0.25, 0.3) is 11.5 Å². The second-order valence-corrected chi connectivity index (χ2v) is 5.99. The van der Waals surface area contributed by atoms with Crippen molar-refractivity contribution in [1.82, 2.24) is 30.3 Å². The zero-order valence-corrected chi connectivity index (χ0v) is 14.3. The van der Waals surface area contributed by atoms with Crippen molar-refractivity contribution in [2.75, 3.05) is 0 Å². The maximum absolute atomic E-state index is 12.6. The molecule has 4 aromatic rings. The summed E-state index contributed by atoms with van der Waals surface area (Å²) in [4.78, 5) is 28.5. The molecule has 1 amide bonds. The van der Waals surface area contributed by atoms with Crippen LogP contribution in [0.1, 0.15) is 21.6 Å². The van der Waals surface area contributed by atoms with Crippen molar-refractivity contribution >= 4 is 16.7 Å². The van der Waals surface area contributed by atoms with E-state index in [1.54, 1.807) is 35.3 Å². The molecule has 2 heterocycles. The van der Waals surface area contributed by atoms with Crippen molar-refractivity contribution in [2.45, 2.75) is 13.1 Å². The van der Waals surface area contributed by atoms with Gasteiger partial charge in [0.05, 0.1) is 11.9 Å². The molecule has 8 nitrogen and oxygen atoms in total. The van der Waals surface area contributed by atoms with Crippen LogP contribution < -0.4 is 10.9 Å². The summed E-state index contributed by atoms with van der Waals surface area (Å²) in [5.41, 5.74) is 1.87. The largest absolute Gasteiger partial charge is 0.347 e. The van der Waals surface area contributed by atoms with Crippen LogP contribution in [-0.4, -0.2) is 30.9 Å². The minimum Gasteiger partial charge on any atom is -0.347 e. The van der Waals surface area contributed by atoms with Gasteiger partial charge in [0, 0.05) is 11.9 Å². The number of nitrogens with zero attached hydrogens (tertiary/aromatic N) is 4. The number of amides is 1. The monoisotopic (exact) mass is 360 g/mol. The number of rotatable bonds is 5. The van der Waals surface area contributed by atoms with Crippen molar-refractivity contribution in [2.24, 2.45) is 0 Å². The van der Waals surface area contributed by atoms with Crippen LogP contribution in [0, 0.1) is 0 Å². The van der Waals surface area contributed by atoms with Gasteiger partial charge in [-0.05, 0) is 17.2 Å². The van der Waals surface area contributed by atoms with Crippen LogP contribution in [-0.2, 0) is 13.1 Å². The van der Waals surface area contributed by atoms with Gasteiger partial charge in [0.1, 0.15) is 12.7 Å². The third-order valence-electron chi connectivity index (χ3n) is 4.27. The number of fused-ring (bicyclic) bond motifs is 1. The van der Waals surface area contributed by atoms with Gasteiger partial charge in [-0.2, -0.15) is 10.2 Å². The van der Waals surface area contributed by atoms with Crippen LogP contribution in [0.5, 0.6) is 0 Å². The van der Waals surface area contributed by atoms with Gasteiger partial charge in [0.2, 0.25) is 0 Å². The van der Waals surface area contributed by atoms with Crippen LogP contribution in [0.25, 0.3) is 10.8 Å². The van der Waals surface area contributed by atoms with E-state index in [4.69, 9.17) is 0 Å². The molecule has 4 rings (SSSR count). The summed E-state index contributed by atoms with van der Waals surface area (Å²) in [5.74, 6) is -0.349. The molecular formula is C19H16N6O2. The smallest absolute Gasteiger partial charge is 0.272 e. The number of H-pyrrole nitrogens is 1. The third kappa shape index (κ3) is 3.45. The lowest BCUT2D eigenvalue weighted by molar-refractivity contribution is 0.0946. The standard InChI is InChI=1S/C19H16N6O2/c26-18-16-8-4-3-7-15(16)17(23-24-18)19(27)21-9-13-5-1-2-6-14(13)10-25-12-20-11-22-25/h1-8,11-12H,9-10H2,(H,21,27)(H,24,26). The molecule has 134 valence electrons. The van der Waals surface area contributed by atoms with Crippen molar-refractivity contribution in [1.29, 1.82) is 0 Å². The molecule has 27 heavy (non-hydrogen) atoms. The van der Waals surface area contributed by atoms with Gasteiger partial charge in [-0.25, -0.2) is 14.8 Å². The van der Waals surface area contributed by atoms with E-state index in [1.807, 2.05) is 24.3 Å². The van der Waals surface area contributed by atoms with Crippen LogP contribution in [0.2, 0.25) is 0 Å². The Bertz CT molecular complexity index is 1150. The number of nitrogens with one attached hydrogen (secondary N) is 2. The summed E-state index contributed by atoms with van der Waals surface area (Å²) in [7, 11) is 0. The fraction of sp³-hybridized carbons (Fsp3) is 0.105. The summed E-state index contributed by atoms with van der Waals surface area (Å²) in [6.45, 7) is 0.894. The normalized spacial score (nSPS) is 10.8. The Morgan fingerprint density at radius 2 is 1.78 bits per heavy atom. The molecule has 0 radical (unpaired) electrons. The third-order valence-corrected chi connectivity index (χ3v) is 4.27. The highest BCUT2D eigenvalue weighted by molar-refractivity contribution is 6.04. The van der Waals surface area contributed by atoms with Crippen LogP contribution in [0.3, 0.4) is 0 Å². The van der Waals surface area contributed by atoms with Crippen LogP contribution >= 0.6 is 0 Å². The second-order valence-electron chi connectivity index (χ2n) is 5.99. The lowest BCUT2D eigenvalue weighted by Crippen LogP contribution is -2.26. The topological polar surface area (TPSA) is 106 Å². The van der Waals surface area contributed by atoms with Crippen molar-refractivity contribution in [3.05, 3.63) is 88.4 Å². The van der Waals surface area contributed by atoms with Crippen molar-refractivity contribution in [3.63, 3.8) is 0 Å². The molecule has 0 aliphatic carbocycles. The molecule has 2 aromatic carbocycles. The Hall–Kier alpha value is -3.81. The number of aromatic nitrogens is 5. The van der Waals surface area contributed by atoms with Gasteiger partial charge in [-0.15, -0.1) is 0 Å². The maximum Gasteiger partial charge on any atom is 0.272 e. The Labute approximate surface area is 153 Å². The summed E-state index contributed by atoms with van der Waals surface area (Å²) in [6, 6.07) is 14.7. The molecule has 2 N–H and O–H groups in total. The first-order valence-corrected chi connectivity index (χ1v) is 8.37. The number of aromatic amines is 1. The summed E-state index contributed by atoms with van der Waals surface area (Å²) in [6.07, 6.45) is 3.13. The molecule has 0 saturated carbocycles. The van der Waals surface area contributed by atoms with E-state index in [-0.39, 0.29) is 17.2 Å². The maximum atomic E-state index is 12.6. The van der Waals surface area contributed by atoms with E-state index in [0.29, 0.717) is 23.9 Å². The molecule has 0 fully saturated rings. The fourth-order valence-corrected chi connectivity index (χ4v) is 2.92. The van der Waals surface area contributed by atoms with Crippen molar-refractivity contribution in [3.8, 4) is 0 Å². The SMILES string of the molecule is O=C(NCc1ccccc1Cn1cncn1)c1n[nH]c(=O)c2ccccc12. The van der Waals surface area contributed by atoms with Crippen LogP contribution in [0.4, 0.5) is 0 Å². The van der Waals surface area contributed by atoms with E-state index in [9.17, 15) is 9.59 Å². The molecule has 0 aliphatic rings. The molecular weight excluding hydrogens is 344 g/mol. The van der Waals surface area contributed by atoms with E-state index < -0.39 is 0 Å². The predicted molar refractivity (Wildman–Crippen MR) is 99.1 cm³/mol. The minimum atomic E-state index is -0.349. The van der Waals surface area contributed by atoms with Gasteiger partial charge in [-0.3, -0.25) is 9.59 Å². The number of hydrogen-bond acceptors (Lipinski definition) is 5. The first-order valence-electron chi connectivity index (χ1n) is 8.37. The fourth-order valence-electron chi connectivity index (χ4n) is 2.92. The van der Waals surface area contributed by atoms with E-state index in [2.05, 4.69) is 25.6 Å². The average Bonchev–Trinajstić information content (AvgIpc) is 3.21. The average molecular weight is 360 g/mol. The van der Waals surface area contributed by atoms with Crippen LogP contribution in [0.15, 0.2) is 66.0 Å². The zero-order chi connectivity index (χ0) is 18.6. The lowest BCUT2D eigenvalue weighted by Gasteiger charge is -2.11. The predicted octanol–water partition coefficient (Wildman–Crippen LogP) is 1.49. The highest BCUT2D eigenvalue weighted by Gasteiger charge is 2.14. The highest BCUT2D eigenvalue weighted by Crippen LogP contribution is 2.13. The lowest BCUT2D eigenvalue weighted by atomic mass is 10.1. The van der Waals surface area contributed by atoms with Crippen molar-refractivity contribution < 1.29 is 4.79 Å².